The SMILES string of the molecule is Nc1cccc(-c2cc3nccn3c(SCO)n2)c1. The summed E-state index contributed by atoms with van der Waals surface area (Å²) in [5.74, 6) is -0.0271. The van der Waals surface area contributed by atoms with Crippen molar-refractivity contribution in [1.82, 2.24) is 14.4 Å². The summed E-state index contributed by atoms with van der Waals surface area (Å²) >= 11 is 1.26. The predicted molar refractivity (Wildman–Crippen MR) is 75.8 cm³/mol. The third-order valence-electron chi connectivity index (χ3n) is 2.73. The minimum Gasteiger partial charge on any atom is -0.399 e. The highest BCUT2D eigenvalue weighted by atomic mass is 32.2. The van der Waals surface area contributed by atoms with Gasteiger partial charge in [0.15, 0.2) is 5.16 Å². The first-order valence-electron chi connectivity index (χ1n) is 5.71. The molecule has 0 amide bonds. The van der Waals surface area contributed by atoms with Gasteiger partial charge in [0.05, 0.1) is 11.6 Å². The predicted octanol–water partition coefficient (Wildman–Crippen LogP) is 2.02. The van der Waals surface area contributed by atoms with Crippen molar-refractivity contribution >= 4 is 23.1 Å². The lowest BCUT2D eigenvalue weighted by atomic mass is 10.1. The van der Waals surface area contributed by atoms with E-state index in [1.807, 2.05) is 40.9 Å². The van der Waals surface area contributed by atoms with Gasteiger partial charge < -0.3 is 10.8 Å². The zero-order valence-electron chi connectivity index (χ0n) is 10.0. The molecule has 0 saturated carbocycles. The second-order valence-electron chi connectivity index (χ2n) is 3.98. The minimum absolute atomic E-state index is 0.0271. The van der Waals surface area contributed by atoms with Crippen molar-refractivity contribution in [2.24, 2.45) is 0 Å². The van der Waals surface area contributed by atoms with Gasteiger partial charge in [-0.2, -0.15) is 0 Å². The van der Waals surface area contributed by atoms with Gasteiger partial charge in [-0.1, -0.05) is 23.9 Å². The van der Waals surface area contributed by atoms with Crippen LogP contribution in [0.15, 0.2) is 47.9 Å². The number of fused-ring (bicyclic) bond motifs is 1. The zero-order chi connectivity index (χ0) is 13.2. The summed E-state index contributed by atoms with van der Waals surface area (Å²) in [4.78, 5) is 8.81. The van der Waals surface area contributed by atoms with Crippen molar-refractivity contribution in [2.45, 2.75) is 5.16 Å². The average Bonchev–Trinajstić information content (AvgIpc) is 2.87. The molecule has 2 aromatic heterocycles. The number of nitrogens with two attached hydrogens (primary N) is 1. The fraction of sp³-hybridized carbons (Fsp3) is 0.0769. The smallest absolute Gasteiger partial charge is 0.176 e. The third kappa shape index (κ3) is 2.27. The van der Waals surface area contributed by atoms with Crippen LogP contribution in [0.2, 0.25) is 0 Å². The summed E-state index contributed by atoms with van der Waals surface area (Å²) in [5.41, 5.74) is 9.01. The molecular weight excluding hydrogens is 260 g/mol. The molecule has 0 aliphatic heterocycles. The van der Waals surface area contributed by atoms with Gasteiger partial charge >= 0.3 is 0 Å². The van der Waals surface area contributed by atoms with Crippen LogP contribution >= 0.6 is 11.8 Å². The van der Waals surface area contributed by atoms with Gasteiger partial charge in [0.2, 0.25) is 0 Å². The molecule has 3 rings (SSSR count). The molecular formula is C13H12N4OS. The van der Waals surface area contributed by atoms with Gasteiger partial charge in [0.1, 0.15) is 5.65 Å². The Morgan fingerprint density at radius 1 is 1.32 bits per heavy atom. The zero-order valence-corrected chi connectivity index (χ0v) is 10.8. The highest BCUT2D eigenvalue weighted by Crippen LogP contribution is 2.24. The van der Waals surface area contributed by atoms with Crippen LogP contribution < -0.4 is 5.73 Å². The Kier molecular flexibility index (Phi) is 3.10. The molecule has 19 heavy (non-hydrogen) atoms. The van der Waals surface area contributed by atoms with Crippen molar-refractivity contribution in [3.8, 4) is 11.3 Å². The molecule has 0 bridgehead atoms. The number of nitrogen functional groups attached to an aromatic ring is 1. The van der Waals surface area contributed by atoms with Gasteiger partial charge in [-0.3, -0.25) is 4.40 Å². The van der Waals surface area contributed by atoms with Gasteiger partial charge in [0, 0.05) is 29.7 Å². The molecule has 0 aliphatic rings. The van der Waals surface area contributed by atoms with Crippen molar-refractivity contribution in [3.63, 3.8) is 0 Å². The Morgan fingerprint density at radius 2 is 2.21 bits per heavy atom. The number of anilines is 1. The lowest BCUT2D eigenvalue weighted by Crippen LogP contribution is -1.97. The average molecular weight is 272 g/mol. The highest BCUT2D eigenvalue weighted by Gasteiger charge is 2.08. The van der Waals surface area contributed by atoms with Crippen LogP contribution in [-0.4, -0.2) is 25.4 Å². The first-order valence-corrected chi connectivity index (χ1v) is 6.70. The largest absolute Gasteiger partial charge is 0.399 e. The van der Waals surface area contributed by atoms with E-state index in [2.05, 4.69) is 9.97 Å². The fourth-order valence-corrected chi connectivity index (χ4v) is 2.47. The topological polar surface area (TPSA) is 76.4 Å². The Morgan fingerprint density at radius 3 is 3.00 bits per heavy atom. The molecule has 0 spiro atoms. The first kappa shape index (κ1) is 12.0. The minimum atomic E-state index is -0.0271. The lowest BCUT2D eigenvalue weighted by Gasteiger charge is -2.07. The molecule has 5 nitrogen and oxygen atoms in total. The van der Waals surface area contributed by atoms with E-state index in [9.17, 15) is 0 Å². The van der Waals surface area contributed by atoms with E-state index >= 15 is 0 Å². The number of rotatable bonds is 3. The molecule has 0 aliphatic carbocycles. The summed E-state index contributed by atoms with van der Waals surface area (Å²) in [6, 6.07) is 9.44. The molecule has 3 aromatic rings. The quantitative estimate of drug-likeness (QED) is 0.330. The van der Waals surface area contributed by atoms with Crippen LogP contribution in [-0.2, 0) is 0 Å². The molecule has 6 heteroatoms. The first-order chi connectivity index (χ1) is 9.28. The maximum absolute atomic E-state index is 9.09. The fourth-order valence-electron chi connectivity index (χ4n) is 1.90. The number of thioether (sulfide) groups is 1. The van der Waals surface area contributed by atoms with E-state index in [1.165, 1.54) is 11.8 Å². The number of hydrogen-bond donors (Lipinski definition) is 2. The van der Waals surface area contributed by atoms with Crippen LogP contribution in [0.5, 0.6) is 0 Å². The van der Waals surface area contributed by atoms with Crippen LogP contribution in [0.4, 0.5) is 5.69 Å². The summed E-state index contributed by atoms with van der Waals surface area (Å²) in [6.07, 6.45) is 3.53. The second kappa shape index (κ2) is 4.91. The van der Waals surface area contributed by atoms with E-state index in [-0.39, 0.29) is 5.94 Å². The summed E-state index contributed by atoms with van der Waals surface area (Å²) in [7, 11) is 0. The maximum Gasteiger partial charge on any atom is 0.176 e. The van der Waals surface area contributed by atoms with E-state index in [0.717, 1.165) is 16.9 Å². The molecule has 0 fully saturated rings. The van der Waals surface area contributed by atoms with Gasteiger partial charge in [-0.25, -0.2) is 9.97 Å². The number of aliphatic hydroxyl groups excluding tert-OH is 1. The van der Waals surface area contributed by atoms with E-state index in [1.54, 1.807) is 6.20 Å². The summed E-state index contributed by atoms with van der Waals surface area (Å²) in [6.45, 7) is 0. The van der Waals surface area contributed by atoms with Crippen molar-refractivity contribution < 1.29 is 5.11 Å². The Hall–Kier alpha value is -2.05. The molecule has 0 unspecified atom stereocenters. The number of hydrogen-bond acceptors (Lipinski definition) is 5. The second-order valence-corrected chi connectivity index (χ2v) is 4.89. The molecule has 1 aromatic carbocycles. The number of imidazole rings is 1. The van der Waals surface area contributed by atoms with Crippen molar-refractivity contribution in [2.75, 3.05) is 11.7 Å². The molecule has 96 valence electrons. The van der Waals surface area contributed by atoms with Gasteiger partial charge in [0.25, 0.3) is 0 Å². The number of benzene rings is 1. The monoisotopic (exact) mass is 272 g/mol. The van der Waals surface area contributed by atoms with Gasteiger partial charge in [-0.05, 0) is 12.1 Å². The molecule has 0 atom stereocenters. The van der Waals surface area contributed by atoms with Crippen LogP contribution in [0.25, 0.3) is 16.9 Å². The van der Waals surface area contributed by atoms with Crippen molar-refractivity contribution in [3.05, 3.63) is 42.7 Å². The Labute approximate surface area is 114 Å². The van der Waals surface area contributed by atoms with E-state index in [4.69, 9.17) is 10.8 Å². The third-order valence-corrected chi connectivity index (χ3v) is 3.41. The normalized spacial score (nSPS) is 11.0. The molecule has 2 heterocycles. The van der Waals surface area contributed by atoms with E-state index in [0.29, 0.717) is 10.8 Å². The number of aliphatic hydroxyl groups is 1. The van der Waals surface area contributed by atoms with Crippen molar-refractivity contribution in [1.29, 1.82) is 0 Å². The lowest BCUT2D eigenvalue weighted by molar-refractivity contribution is 0.374. The highest BCUT2D eigenvalue weighted by molar-refractivity contribution is 7.98. The van der Waals surface area contributed by atoms with Crippen LogP contribution in [0.3, 0.4) is 0 Å². The maximum atomic E-state index is 9.09. The molecule has 0 saturated heterocycles. The van der Waals surface area contributed by atoms with E-state index < -0.39 is 0 Å². The Balaban J connectivity index is 2.18. The van der Waals surface area contributed by atoms with Gasteiger partial charge in [-0.15, -0.1) is 0 Å². The number of aromatic nitrogens is 3. The summed E-state index contributed by atoms with van der Waals surface area (Å²) < 4.78 is 1.84. The van der Waals surface area contributed by atoms with Crippen LogP contribution in [0.1, 0.15) is 0 Å². The molecule has 0 radical (unpaired) electrons. The summed E-state index contributed by atoms with van der Waals surface area (Å²) in [5, 5.41) is 9.80. The Bertz CT molecular complexity index is 725. The molecule has 3 N–H and O–H groups in total. The standard InChI is InChI=1S/C13H12N4OS/c14-10-3-1-2-9(6-10)11-7-12-15-4-5-17(12)13(16-11)19-8-18/h1-7,18H,8,14H2. The van der Waals surface area contributed by atoms with Crippen LogP contribution in [0, 0.1) is 0 Å². The number of nitrogens with zero attached hydrogens (tertiary/aromatic N) is 3.